The quantitative estimate of drug-likeness (QED) is 0.314. The normalized spacial score (nSPS) is 12.0. The first-order valence-electron chi connectivity index (χ1n) is 8.24. The predicted molar refractivity (Wildman–Crippen MR) is 106 cm³/mol. The lowest BCUT2D eigenvalue weighted by molar-refractivity contribution is 0.472. The molecule has 0 aliphatic heterocycles. The first kappa shape index (κ1) is 17.7. The van der Waals surface area contributed by atoms with Gasteiger partial charge in [-0.3, -0.25) is 0 Å². The number of rotatable bonds is 4. The maximum absolute atomic E-state index is 12.7. The highest BCUT2D eigenvalue weighted by Gasteiger charge is 2.16. The highest BCUT2D eigenvalue weighted by Crippen LogP contribution is 2.25. The average Bonchev–Trinajstić information content (AvgIpc) is 2.69. The monoisotopic (exact) mass is 394 g/mol. The van der Waals surface area contributed by atoms with Gasteiger partial charge in [-0.2, -0.15) is 13.5 Å². The highest BCUT2D eigenvalue weighted by molar-refractivity contribution is 7.89. The van der Waals surface area contributed by atoms with E-state index in [1.54, 1.807) is 24.3 Å². The van der Waals surface area contributed by atoms with Crippen LogP contribution < -0.4 is 10.5 Å². The van der Waals surface area contributed by atoms with Crippen molar-refractivity contribution in [1.29, 1.82) is 0 Å². The Kier molecular flexibility index (Phi) is 4.32. The molecule has 4 rings (SSSR count). The Labute approximate surface area is 159 Å². The predicted octanol–water partition coefficient (Wildman–Crippen LogP) is 2.96. The minimum absolute atomic E-state index is 0.0800. The van der Waals surface area contributed by atoms with Gasteiger partial charge >= 0.3 is 5.63 Å². The summed E-state index contributed by atoms with van der Waals surface area (Å²) in [4.78, 5) is 13.7. The Morgan fingerprint density at radius 1 is 0.929 bits per heavy atom. The molecule has 8 heteroatoms. The van der Waals surface area contributed by atoms with E-state index in [4.69, 9.17) is 4.42 Å². The fraction of sp³-hybridized carbons (Fsp3) is 0. The van der Waals surface area contributed by atoms with Gasteiger partial charge in [-0.25, -0.2) is 9.63 Å². The van der Waals surface area contributed by atoms with Gasteiger partial charge in [-0.05, 0) is 29.7 Å². The van der Waals surface area contributed by atoms with Crippen molar-refractivity contribution in [1.82, 2.24) is 4.83 Å². The zero-order valence-electron chi connectivity index (χ0n) is 14.4. The van der Waals surface area contributed by atoms with Crippen molar-refractivity contribution in [3.8, 4) is 5.75 Å². The fourth-order valence-corrected chi connectivity index (χ4v) is 3.93. The van der Waals surface area contributed by atoms with Crippen LogP contribution in [0.4, 0.5) is 0 Å². The third-order valence-electron chi connectivity index (χ3n) is 4.21. The summed E-state index contributed by atoms with van der Waals surface area (Å²) in [6, 6.07) is 17.8. The van der Waals surface area contributed by atoms with E-state index in [1.807, 2.05) is 18.2 Å². The summed E-state index contributed by atoms with van der Waals surface area (Å²) in [5.74, 6) is -0.199. The molecule has 140 valence electrons. The summed E-state index contributed by atoms with van der Waals surface area (Å²) in [6.45, 7) is 0. The molecule has 0 aliphatic carbocycles. The minimum atomic E-state index is -3.95. The number of phenolic OH excluding ortho intramolecular Hbond substituents is 1. The summed E-state index contributed by atoms with van der Waals surface area (Å²) >= 11 is 0. The smallest absolute Gasteiger partial charge is 0.336 e. The van der Waals surface area contributed by atoms with Crippen LogP contribution in [0.5, 0.6) is 5.75 Å². The average molecular weight is 394 g/mol. The number of hydrogen-bond acceptors (Lipinski definition) is 6. The van der Waals surface area contributed by atoms with E-state index in [-0.39, 0.29) is 21.8 Å². The molecular formula is C20H14N2O5S. The van der Waals surface area contributed by atoms with Gasteiger partial charge < -0.3 is 9.52 Å². The van der Waals surface area contributed by atoms with E-state index >= 15 is 0 Å². The lowest BCUT2D eigenvalue weighted by Crippen LogP contribution is -2.18. The number of hydrogen-bond donors (Lipinski definition) is 2. The maximum atomic E-state index is 12.7. The zero-order valence-corrected chi connectivity index (χ0v) is 15.2. The third-order valence-corrected chi connectivity index (χ3v) is 5.49. The summed E-state index contributed by atoms with van der Waals surface area (Å²) in [5, 5.41) is 15.7. The van der Waals surface area contributed by atoms with Gasteiger partial charge in [0.15, 0.2) is 5.58 Å². The highest BCUT2D eigenvalue weighted by atomic mass is 32.2. The molecular weight excluding hydrogens is 380 g/mol. The standard InChI is InChI=1S/C20H14N2O5S/c23-17-10-8-14-9-11-19(24)27-20(14)16(17)12-21-22-28(25,26)18-7-3-5-13-4-1-2-6-15(13)18/h1-12,22-23H/b21-12+. The molecule has 0 saturated carbocycles. The molecule has 7 nitrogen and oxygen atoms in total. The zero-order chi connectivity index (χ0) is 19.7. The van der Waals surface area contributed by atoms with E-state index < -0.39 is 15.6 Å². The van der Waals surface area contributed by atoms with E-state index in [0.717, 1.165) is 11.6 Å². The van der Waals surface area contributed by atoms with Crippen LogP contribution in [0.15, 0.2) is 85.9 Å². The van der Waals surface area contributed by atoms with Gasteiger partial charge in [0, 0.05) is 16.8 Å². The van der Waals surface area contributed by atoms with E-state index in [9.17, 15) is 18.3 Å². The molecule has 0 unspecified atom stereocenters. The van der Waals surface area contributed by atoms with Gasteiger partial charge in [0.1, 0.15) is 5.75 Å². The second kappa shape index (κ2) is 6.82. The summed E-state index contributed by atoms with van der Waals surface area (Å²) in [6.07, 6.45) is 1.10. The van der Waals surface area contributed by atoms with E-state index in [0.29, 0.717) is 10.8 Å². The number of hydrazone groups is 1. The SMILES string of the molecule is O=c1ccc2ccc(O)c(/C=N/NS(=O)(=O)c3cccc4ccccc34)c2o1. The van der Waals surface area contributed by atoms with Crippen LogP contribution in [0, 0.1) is 0 Å². The molecule has 2 N–H and O–H groups in total. The number of phenols is 1. The minimum Gasteiger partial charge on any atom is -0.507 e. The summed E-state index contributed by atoms with van der Waals surface area (Å²) < 4.78 is 30.5. The Hall–Kier alpha value is -3.65. The second-order valence-corrected chi connectivity index (χ2v) is 7.63. The summed E-state index contributed by atoms with van der Waals surface area (Å²) in [7, 11) is -3.95. The van der Waals surface area contributed by atoms with Crippen LogP contribution in [0.2, 0.25) is 0 Å². The van der Waals surface area contributed by atoms with Crippen molar-refractivity contribution in [2.45, 2.75) is 4.90 Å². The fourth-order valence-electron chi connectivity index (χ4n) is 2.91. The second-order valence-electron chi connectivity index (χ2n) is 6.00. The molecule has 0 fully saturated rings. The van der Waals surface area contributed by atoms with Crippen LogP contribution in [-0.2, 0) is 10.0 Å². The molecule has 0 spiro atoms. The molecule has 28 heavy (non-hydrogen) atoms. The van der Waals surface area contributed by atoms with Gasteiger partial charge in [-0.1, -0.05) is 36.4 Å². The van der Waals surface area contributed by atoms with Gasteiger partial charge in [0.2, 0.25) is 0 Å². The van der Waals surface area contributed by atoms with Crippen LogP contribution in [0.1, 0.15) is 5.56 Å². The molecule has 0 aliphatic rings. The van der Waals surface area contributed by atoms with Crippen LogP contribution in [-0.4, -0.2) is 19.7 Å². The van der Waals surface area contributed by atoms with E-state index in [1.165, 1.54) is 24.3 Å². The summed E-state index contributed by atoms with van der Waals surface area (Å²) in [5.41, 5.74) is -0.388. The van der Waals surface area contributed by atoms with E-state index in [2.05, 4.69) is 9.93 Å². The number of nitrogens with one attached hydrogen (secondary N) is 1. The van der Waals surface area contributed by atoms with Gasteiger partial charge in [0.05, 0.1) is 16.7 Å². The molecule has 1 heterocycles. The number of sulfonamides is 1. The Bertz CT molecular complexity index is 1390. The van der Waals surface area contributed by atoms with Gasteiger partial charge in [0.25, 0.3) is 10.0 Å². The van der Waals surface area contributed by atoms with Crippen LogP contribution in [0.25, 0.3) is 21.7 Å². The number of aromatic hydroxyl groups is 1. The first-order chi connectivity index (χ1) is 13.5. The Morgan fingerprint density at radius 3 is 2.54 bits per heavy atom. The van der Waals surface area contributed by atoms with Crippen molar-refractivity contribution < 1.29 is 17.9 Å². The van der Waals surface area contributed by atoms with Crippen LogP contribution in [0.3, 0.4) is 0 Å². The molecule has 0 amide bonds. The van der Waals surface area contributed by atoms with Gasteiger partial charge in [-0.15, -0.1) is 0 Å². The Balaban J connectivity index is 1.72. The molecule has 4 aromatic rings. The molecule has 1 aromatic heterocycles. The van der Waals surface area contributed by atoms with Crippen molar-refractivity contribution in [2.75, 3.05) is 0 Å². The van der Waals surface area contributed by atoms with Crippen molar-refractivity contribution in [3.05, 3.63) is 82.7 Å². The molecule has 0 atom stereocenters. The lowest BCUT2D eigenvalue weighted by Gasteiger charge is -2.07. The molecule has 0 radical (unpaired) electrons. The topological polar surface area (TPSA) is 109 Å². The van der Waals surface area contributed by atoms with Crippen LogP contribution >= 0.6 is 0 Å². The Morgan fingerprint density at radius 2 is 1.68 bits per heavy atom. The maximum Gasteiger partial charge on any atom is 0.336 e. The van der Waals surface area contributed by atoms with Crippen molar-refractivity contribution >= 4 is 38.0 Å². The number of benzene rings is 3. The number of nitrogens with zero attached hydrogens (tertiary/aromatic N) is 1. The van der Waals surface area contributed by atoms with Crippen molar-refractivity contribution in [3.63, 3.8) is 0 Å². The lowest BCUT2D eigenvalue weighted by atomic mass is 10.1. The third kappa shape index (κ3) is 3.21. The largest absolute Gasteiger partial charge is 0.507 e. The van der Waals surface area contributed by atoms with Crippen molar-refractivity contribution in [2.24, 2.45) is 5.10 Å². The number of fused-ring (bicyclic) bond motifs is 2. The molecule has 3 aromatic carbocycles. The molecule has 0 saturated heterocycles. The first-order valence-corrected chi connectivity index (χ1v) is 9.72. The molecule has 0 bridgehead atoms.